The lowest BCUT2D eigenvalue weighted by Gasteiger charge is -2.21. The second-order valence-corrected chi connectivity index (χ2v) is 5.79. The average molecular weight is 384 g/mol. The van der Waals surface area contributed by atoms with Crippen molar-refractivity contribution in [3.05, 3.63) is 18.2 Å². The summed E-state index contributed by atoms with van der Waals surface area (Å²) in [7, 11) is 0. The van der Waals surface area contributed by atoms with Crippen LogP contribution in [0.1, 0.15) is 18.5 Å². The summed E-state index contributed by atoms with van der Waals surface area (Å²) in [6, 6.07) is -1.82. The lowest BCUT2D eigenvalue weighted by molar-refractivity contribution is -0.130. The van der Waals surface area contributed by atoms with Crippen LogP contribution in [0.25, 0.3) is 0 Å². The summed E-state index contributed by atoms with van der Waals surface area (Å²) in [5.74, 6) is -1.79. The molecule has 0 saturated carbocycles. The van der Waals surface area contributed by atoms with Gasteiger partial charge in [-0.15, -0.1) is 0 Å². The number of hydrogen-bond acceptors (Lipinski definition) is 6. The maximum atomic E-state index is 12.5. The summed E-state index contributed by atoms with van der Waals surface area (Å²) >= 11 is 3.88. The number of nitrogens with two attached hydrogens (primary N) is 3. The van der Waals surface area contributed by atoms with Gasteiger partial charge in [-0.3, -0.25) is 19.4 Å². The van der Waals surface area contributed by atoms with Gasteiger partial charge >= 0.3 is 0 Å². The molecule has 0 aliphatic rings. The number of carbonyl (C=O) groups excluding carboxylic acids is 3. The Labute approximate surface area is 156 Å². The molecule has 144 valence electrons. The molecule has 0 fully saturated rings. The number of nitrogens with one attached hydrogen (secondary N) is 3. The number of thiol groups is 1. The molecule has 26 heavy (non-hydrogen) atoms. The maximum Gasteiger partial charge on any atom is 0.243 e. The van der Waals surface area contributed by atoms with Gasteiger partial charge in [0.2, 0.25) is 17.7 Å². The minimum atomic E-state index is -0.908. The van der Waals surface area contributed by atoms with Gasteiger partial charge < -0.3 is 32.8 Å². The minimum Gasteiger partial charge on any atom is -0.370 e. The highest BCUT2D eigenvalue weighted by Gasteiger charge is 2.25. The first-order chi connectivity index (χ1) is 12.3. The number of aromatic amines is 1. The quantitative estimate of drug-likeness (QED) is 0.0944. The van der Waals surface area contributed by atoms with E-state index in [-0.39, 0.29) is 24.6 Å². The normalized spacial score (nSPS) is 12.7. The van der Waals surface area contributed by atoms with Crippen molar-refractivity contribution in [1.29, 1.82) is 0 Å². The number of guanidine groups is 1. The molecule has 1 heterocycles. The predicted molar refractivity (Wildman–Crippen MR) is 99.1 cm³/mol. The zero-order valence-corrected chi connectivity index (χ0v) is 15.0. The second-order valence-electron chi connectivity index (χ2n) is 5.47. The monoisotopic (exact) mass is 384 g/mol. The van der Waals surface area contributed by atoms with Crippen LogP contribution >= 0.6 is 12.6 Å². The molecule has 0 bridgehead atoms. The van der Waals surface area contributed by atoms with Crippen molar-refractivity contribution >= 4 is 36.3 Å². The van der Waals surface area contributed by atoms with E-state index in [2.05, 4.69) is 38.2 Å². The number of carbonyl (C=O) groups is 3. The van der Waals surface area contributed by atoms with Gasteiger partial charge in [-0.25, -0.2) is 4.98 Å². The number of nitrogens with zero attached hydrogens (tertiary/aromatic N) is 2. The molecule has 3 amide bonds. The van der Waals surface area contributed by atoms with E-state index in [0.717, 1.165) is 0 Å². The zero-order chi connectivity index (χ0) is 19.5. The van der Waals surface area contributed by atoms with Crippen LogP contribution < -0.4 is 27.8 Å². The molecule has 0 aliphatic carbocycles. The molecular formula is C14H24N8O3S. The molecule has 0 spiro atoms. The molecule has 1 rings (SSSR count). The molecule has 0 aliphatic heterocycles. The van der Waals surface area contributed by atoms with Gasteiger partial charge in [-0.1, -0.05) is 0 Å². The fourth-order valence-corrected chi connectivity index (χ4v) is 2.22. The number of hydrogen-bond donors (Lipinski definition) is 7. The highest BCUT2D eigenvalue weighted by Crippen LogP contribution is 2.03. The number of aromatic nitrogens is 2. The fraction of sp³-hybridized carbons (Fsp3) is 0.500. The lowest BCUT2D eigenvalue weighted by atomic mass is 10.1. The van der Waals surface area contributed by atoms with Gasteiger partial charge in [-0.05, 0) is 12.8 Å². The van der Waals surface area contributed by atoms with Crippen LogP contribution in [0.3, 0.4) is 0 Å². The topological polar surface area (TPSA) is 194 Å². The van der Waals surface area contributed by atoms with E-state index in [0.29, 0.717) is 18.7 Å². The highest BCUT2D eigenvalue weighted by atomic mass is 32.1. The third-order valence-corrected chi connectivity index (χ3v) is 3.67. The summed E-state index contributed by atoms with van der Waals surface area (Å²) in [5.41, 5.74) is 16.4. The van der Waals surface area contributed by atoms with E-state index in [1.165, 1.54) is 12.5 Å². The van der Waals surface area contributed by atoms with Gasteiger partial charge in [0.05, 0.1) is 12.1 Å². The molecule has 0 saturated heterocycles. The van der Waals surface area contributed by atoms with Gasteiger partial charge in [-0.2, -0.15) is 12.6 Å². The first kappa shape index (κ1) is 21.3. The van der Waals surface area contributed by atoms with E-state index < -0.39 is 29.8 Å². The number of primary amides is 1. The smallest absolute Gasteiger partial charge is 0.243 e. The van der Waals surface area contributed by atoms with Crippen LogP contribution in [-0.4, -0.2) is 58.0 Å². The van der Waals surface area contributed by atoms with E-state index in [9.17, 15) is 14.4 Å². The molecule has 0 unspecified atom stereocenters. The molecule has 11 nitrogen and oxygen atoms in total. The third kappa shape index (κ3) is 7.88. The van der Waals surface area contributed by atoms with E-state index in [1.54, 1.807) is 0 Å². The molecule has 0 aromatic carbocycles. The van der Waals surface area contributed by atoms with Gasteiger partial charge in [0.15, 0.2) is 5.96 Å². The molecule has 1 aromatic rings. The van der Waals surface area contributed by atoms with Gasteiger partial charge in [0.25, 0.3) is 0 Å². The SMILES string of the molecule is NC(=O)[C@H](CCCN=C(N)N)NC(=O)[C@H](Cc1cnc[nH]1)NC(=O)CS. The van der Waals surface area contributed by atoms with Crippen molar-refractivity contribution in [2.45, 2.75) is 31.3 Å². The first-order valence-corrected chi connectivity index (χ1v) is 8.49. The van der Waals surface area contributed by atoms with E-state index >= 15 is 0 Å². The van der Waals surface area contributed by atoms with Crippen LogP contribution in [0.2, 0.25) is 0 Å². The van der Waals surface area contributed by atoms with Crippen molar-refractivity contribution in [3.8, 4) is 0 Å². The summed E-state index contributed by atoms with van der Waals surface area (Å²) in [4.78, 5) is 46.2. The molecule has 12 heteroatoms. The lowest BCUT2D eigenvalue weighted by Crippen LogP contribution is -2.54. The fourth-order valence-electron chi connectivity index (χ4n) is 2.13. The van der Waals surface area contributed by atoms with Crippen LogP contribution in [0.4, 0.5) is 0 Å². The van der Waals surface area contributed by atoms with Gasteiger partial charge in [0.1, 0.15) is 12.1 Å². The minimum absolute atomic E-state index is 0.0567. The van der Waals surface area contributed by atoms with Crippen molar-refractivity contribution < 1.29 is 14.4 Å². The largest absolute Gasteiger partial charge is 0.370 e. The summed E-state index contributed by atoms with van der Waals surface area (Å²) in [5, 5.41) is 5.10. The zero-order valence-electron chi connectivity index (χ0n) is 14.1. The van der Waals surface area contributed by atoms with Crippen molar-refractivity contribution in [2.75, 3.05) is 12.3 Å². The Hall–Kier alpha value is -2.76. The van der Waals surface area contributed by atoms with Crippen LogP contribution in [0, 0.1) is 0 Å². The Kier molecular flexibility index (Phi) is 8.98. The Morgan fingerprint density at radius 2 is 1.96 bits per heavy atom. The Morgan fingerprint density at radius 1 is 1.23 bits per heavy atom. The predicted octanol–water partition coefficient (Wildman–Crippen LogP) is -2.61. The number of aliphatic imine (C=N–C) groups is 1. The third-order valence-electron chi connectivity index (χ3n) is 3.38. The second kappa shape index (κ2) is 11.0. The average Bonchev–Trinajstić information content (AvgIpc) is 3.09. The highest BCUT2D eigenvalue weighted by molar-refractivity contribution is 7.81. The van der Waals surface area contributed by atoms with Crippen molar-refractivity contribution in [2.24, 2.45) is 22.2 Å². The molecule has 9 N–H and O–H groups in total. The molecule has 1 aromatic heterocycles. The van der Waals surface area contributed by atoms with Crippen LogP contribution in [0.15, 0.2) is 17.5 Å². The van der Waals surface area contributed by atoms with E-state index in [1.807, 2.05) is 0 Å². The summed E-state index contributed by atoms with van der Waals surface area (Å²) in [6.07, 6.45) is 3.87. The van der Waals surface area contributed by atoms with Gasteiger partial charge in [0, 0.05) is 24.9 Å². The van der Waals surface area contributed by atoms with Crippen LogP contribution in [-0.2, 0) is 20.8 Å². The molecule has 0 radical (unpaired) electrons. The van der Waals surface area contributed by atoms with Crippen molar-refractivity contribution in [3.63, 3.8) is 0 Å². The Morgan fingerprint density at radius 3 is 2.50 bits per heavy atom. The Balaban J connectivity index is 2.71. The van der Waals surface area contributed by atoms with E-state index in [4.69, 9.17) is 17.2 Å². The van der Waals surface area contributed by atoms with Crippen LogP contribution in [0.5, 0.6) is 0 Å². The standard InChI is InChI=1S/C14H24N8O3S/c15-12(24)9(2-1-3-19-14(16)17)22-13(25)10(21-11(23)6-26)4-8-5-18-7-20-8/h5,7,9-10,26H,1-4,6H2,(H2,15,24)(H,18,20)(H,21,23)(H,22,25)(H4,16,17,19)/t9-,10-/m0/s1. The van der Waals surface area contributed by atoms with Crippen molar-refractivity contribution in [1.82, 2.24) is 20.6 Å². The number of amides is 3. The number of rotatable bonds is 11. The molecular weight excluding hydrogens is 360 g/mol. The molecule has 2 atom stereocenters. The maximum absolute atomic E-state index is 12.5. The summed E-state index contributed by atoms with van der Waals surface area (Å²) < 4.78 is 0. The number of imidazole rings is 1. The Bertz CT molecular complexity index is 630. The first-order valence-electron chi connectivity index (χ1n) is 7.86. The number of H-pyrrole nitrogens is 1. The summed E-state index contributed by atoms with van der Waals surface area (Å²) in [6.45, 7) is 0.302.